The Morgan fingerprint density at radius 3 is 2.88 bits per heavy atom. The quantitative estimate of drug-likeness (QED) is 0.900. The first-order chi connectivity index (χ1) is 7.98. The van der Waals surface area contributed by atoms with E-state index in [0.29, 0.717) is 5.69 Å². The van der Waals surface area contributed by atoms with Crippen molar-refractivity contribution in [2.45, 2.75) is 32.3 Å². The number of aryl methyl sites for hydroxylation is 1. The molecule has 1 N–H and O–H groups in total. The fraction of sp³-hybridized carbons (Fsp3) is 0.500. The van der Waals surface area contributed by atoms with Crippen molar-refractivity contribution in [2.24, 2.45) is 0 Å². The summed E-state index contributed by atoms with van der Waals surface area (Å²) < 4.78 is 30.5. The fourth-order valence-electron chi connectivity index (χ4n) is 2.01. The second-order valence-electron chi connectivity index (χ2n) is 4.38. The molecule has 1 aliphatic heterocycles. The highest BCUT2D eigenvalue weighted by atomic mass is 32.2. The van der Waals surface area contributed by atoms with E-state index in [1.54, 1.807) is 6.07 Å². The molecule has 94 valence electrons. The van der Waals surface area contributed by atoms with Gasteiger partial charge in [0.15, 0.2) is 0 Å². The Morgan fingerprint density at radius 1 is 1.47 bits per heavy atom. The number of ether oxygens (including phenoxy) is 1. The summed E-state index contributed by atoms with van der Waals surface area (Å²) in [7, 11) is -3.21. The maximum atomic E-state index is 11.1. The number of anilines is 1. The van der Waals surface area contributed by atoms with E-state index in [0.717, 1.165) is 36.8 Å². The molecule has 17 heavy (non-hydrogen) atoms. The first-order valence-electron chi connectivity index (χ1n) is 5.75. The molecule has 2 rings (SSSR count). The van der Waals surface area contributed by atoms with Gasteiger partial charge in [-0.1, -0.05) is 6.92 Å². The second kappa shape index (κ2) is 4.56. The molecular formula is C12H17NO3S. The minimum absolute atomic E-state index is 0.288. The predicted molar refractivity (Wildman–Crippen MR) is 67.9 cm³/mol. The van der Waals surface area contributed by atoms with E-state index >= 15 is 0 Å². The topological polar surface area (TPSA) is 55.4 Å². The first-order valence-corrected chi connectivity index (χ1v) is 7.64. The molecule has 1 unspecified atom stereocenters. The molecule has 4 nitrogen and oxygen atoms in total. The van der Waals surface area contributed by atoms with Gasteiger partial charge in [0.05, 0.1) is 12.4 Å². The first kappa shape index (κ1) is 12.2. The molecule has 0 aliphatic carbocycles. The van der Waals surface area contributed by atoms with Crippen LogP contribution in [0, 0.1) is 0 Å². The summed E-state index contributed by atoms with van der Waals surface area (Å²) in [6, 6.07) is 5.42. The SMILES string of the molecule is CCC1CCc2cc(NS(C)(=O)=O)ccc2O1. The number of hydrogen-bond acceptors (Lipinski definition) is 3. The Morgan fingerprint density at radius 2 is 2.24 bits per heavy atom. The minimum Gasteiger partial charge on any atom is -0.490 e. The summed E-state index contributed by atoms with van der Waals surface area (Å²) in [5.74, 6) is 0.877. The normalized spacial score (nSPS) is 19.3. The number of fused-ring (bicyclic) bond motifs is 1. The molecule has 0 amide bonds. The highest BCUT2D eigenvalue weighted by molar-refractivity contribution is 7.92. The molecule has 5 heteroatoms. The van der Waals surface area contributed by atoms with Crippen LogP contribution in [0.3, 0.4) is 0 Å². The van der Waals surface area contributed by atoms with Gasteiger partial charge in [-0.05, 0) is 43.0 Å². The zero-order valence-electron chi connectivity index (χ0n) is 10.1. The summed E-state index contributed by atoms with van der Waals surface area (Å²) in [5, 5.41) is 0. The molecule has 1 atom stereocenters. The monoisotopic (exact) mass is 255 g/mol. The lowest BCUT2D eigenvalue weighted by Crippen LogP contribution is -2.21. The van der Waals surface area contributed by atoms with Gasteiger partial charge in [-0.25, -0.2) is 8.42 Å². The summed E-state index contributed by atoms with van der Waals surface area (Å²) in [4.78, 5) is 0. The summed E-state index contributed by atoms with van der Waals surface area (Å²) in [5.41, 5.74) is 1.67. The Hall–Kier alpha value is -1.23. The summed E-state index contributed by atoms with van der Waals surface area (Å²) in [6.45, 7) is 2.11. The lowest BCUT2D eigenvalue weighted by atomic mass is 10.0. The second-order valence-corrected chi connectivity index (χ2v) is 6.13. The molecule has 0 saturated heterocycles. The molecule has 0 fully saturated rings. The molecule has 1 aromatic rings. The zero-order valence-corrected chi connectivity index (χ0v) is 10.9. The van der Waals surface area contributed by atoms with Crippen molar-refractivity contribution in [3.05, 3.63) is 23.8 Å². The molecule has 1 heterocycles. The number of hydrogen-bond donors (Lipinski definition) is 1. The van der Waals surface area contributed by atoms with Crippen LogP contribution >= 0.6 is 0 Å². The van der Waals surface area contributed by atoms with Gasteiger partial charge < -0.3 is 4.74 Å². The molecular weight excluding hydrogens is 238 g/mol. The van der Waals surface area contributed by atoms with Crippen molar-refractivity contribution in [3.8, 4) is 5.75 Å². The van der Waals surface area contributed by atoms with Crippen LogP contribution in [0.1, 0.15) is 25.3 Å². The van der Waals surface area contributed by atoms with E-state index in [1.807, 2.05) is 12.1 Å². The van der Waals surface area contributed by atoms with Gasteiger partial charge >= 0.3 is 0 Å². The van der Waals surface area contributed by atoms with Crippen molar-refractivity contribution in [1.29, 1.82) is 0 Å². The highest BCUT2D eigenvalue weighted by Gasteiger charge is 2.18. The van der Waals surface area contributed by atoms with Crippen LogP contribution in [-0.4, -0.2) is 20.8 Å². The summed E-state index contributed by atoms with van der Waals surface area (Å²) >= 11 is 0. The van der Waals surface area contributed by atoms with Crippen molar-refractivity contribution in [3.63, 3.8) is 0 Å². The smallest absolute Gasteiger partial charge is 0.229 e. The Balaban J connectivity index is 2.21. The average molecular weight is 255 g/mol. The van der Waals surface area contributed by atoms with Gasteiger partial charge in [-0.2, -0.15) is 0 Å². The van der Waals surface area contributed by atoms with E-state index in [-0.39, 0.29) is 6.10 Å². The predicted octanol–water partition coefficient (Wildman–Crippen LogP) is 2.16. The summed E-state index contributed by atoms with van der Waals surface area (Å²) in [6.07, 6.45) is 4.37. The van der Waals surface area contributed by atoms with Gasteiger partial charge in [0.1, 0.15) is 5.75 Å². The van der Waals surface area contributed by atoms with Crippen LogP contribution in [-0.2, 0) is 16.4 Å². The van der Waals surface area contributed by atoms with Gasteiger partial charge in [0, 0.05) is 5.69 Å². The molecule has 1 aliphatic rings. The lowest BCUT2D eigenvalue weighted by Gasteiger charge is -2.25. The lowest BCUT2D eigenvalue weighted by molar-refractivity contribution is 0.169. The number of nitrogens with one attached hydrogen (secondary N) is 1. The molecule has 1 aromatic carbocycles. The van der Waals surface area contributed by atoms with Crippen molar-refractivity contribution in [1.82, 2.24) is 0 Å². The van der Waals surface area contributed by atoms with E-state index in [9.17, 15) is 8.42 Å². The fourth-order valence-corrected chi connectivity index (χ4v) is 2.56. The van der Waals surface area contributed by atoms with Crippen LogP contribution in [0.4, 0.5) is 5.69 Å². The average Bonchev–Trinajstić information content (AvgIpc) is 2.26. The van der Waals surface area contributed by atoms with Gasteiger partial charge in [-0.3, -0.25) is 4.72 Å². The highest BCUT2D eigenvalue weighted by Crippen LogP contribution is 2.31. The number of sulfonamides is 1. The van der Waals surface area contributed by atoms with Crippen LogP contribution < -0.4 is 9.46 Å². The van der Waals surface area contributed by atoms with Gasteiger partial charge in [-0.15, -0.1) is 0 Å². The van der Waals surface area contributed by atoms with Gasteiger partial charge in [0.25, 0.3) is 0 Å². The van der Waals surface area contributed by atoms with Crippen LogP contribution in [0.25, 0.3) is 0 Å². The van der Waals surface area contributed by atoms with E-state index in [2.05, 4.69) is 11.6 Å². The maximum absolute atomic E-state index is 11.1. The van der Waals surface area contributed by atoms with E-state index < -0.39 is 10.0 Å². The van der Waals surface area contributed by atoms with Crippen LogP contribution in [0.15, 0.2) is 18.2 Å². The molecule has 0 spiro atoms. The third kappa shape index (κ3) is 3.12. The van der Waals surface area contributed by atoms with Crippen molar-refractivity contribution >= 4 is 15.7 Å². The Labute approximate surface area is 102 Å². The third-order valence-electron chi connectivity index (χ3n) is 2.85. The van der Waals surface area contributed by atoms with Crippen LogP contribution in [0.2, 0.25) is 0 Å². The molecule has 0 radical (unpaired) electrons. The van der Waals surface area contributed by atoms with Gasteiger partial charge in [0.2, 0.25) is 10.0 Å². The number of benzene rings is 1. The minimum atomic E-state index is -3.21. The third-order valence-corrected chi connectivity index (χ3v) is 3.45. The van der Waals surface area contributed by atoms with Crippen molar-refractivity contribution in [2.75, 3.05) is 11.0 Å². The standard InChI is InChI=1S/C12H17NO3S/c1-3-11-6-4-9-8-10(13-17(2,14)15)5-7-12(9)16-11/h5,7-8,11,13H,3-4,6H2,1-2H3. The van der Waals surface area contributed by atoms with Crippen molar-refractivity contribution < 1.29 is 13.2 Å². The largest absolute Gasteiger partial charge is 0.490 e. The van der Waals surface area contributed by atoms with E-state index in [1.165, 1.54) is 0 Å². The van der Waals surface area contributed by atoms with E-state index in [4.69, 9.17) is 4.74 Å². The Bertz CT molecular complexity index is 510. The number of rotatable bonds is 3. The molecule has 0 aromatic heterocycles. The van der Waals surface area contributed by atoms with Crippen LogP contribution in [0.5, 0.6) is 5.75 Å². The molecule has 0 saturated carbocycles. The molecule has 0 bridgehead atoms. The zero-order chi connectivity index (χ0) is 12.5. The Kier molecular flexibility index (Phi) is 3.28. The maximum Gasteiger partial charge on any atom is 0.229 e.